The van der Waals surface area contributed by atoms with Crippen molar-refractivity contribution in [2.45, 2.75) is 123 Å². The van der Waals surface area contributed by atoms with E-state index < -0.39 is 16.7 Å². The SMILES string of the molecule is CCCCCCCCCCCCCCCCCC(O)OCC.O=S(=O)([O-])[O-].[Na+].[Na+]. The first-order chi connectivity index (χ1) is 12.8. The van der Waals surface area contributed by atoms with Crippen LogP contribution in [-0.2, 0) is 15.1 Å². The van der Waals surface area contributed by atoms with Gasteiger partial charge in [-0.1, -0.05) is 96.8 Å². The second-order valence-electron chi connectivity index (χ2n) is 7.06. The van der Waals surface area contributed by atoms with Gasteiger partial charge in [0.25, 0.3) is 0 Å². The molecule has 6 nitrogen and oxygen atoms in total. The number of aliphatic hydroxyl groups is 1. The zero-order valence-electron chi connectivity index (χ0n) is 19.5. The van der Waals surface area contributed by atoms with E-state index >= 15 is 0 Å². The molecular formula is C20H42Na2O6S. The Morgan fingerprint density at radius 3 is 1.24 bits per heavy atom. The van der Waals surface area contributed by atoms with Gasteiger partial charge in [-0.3, -0.25) is 8.42 Å². The van der Waals surface area contributed by atoms with Crippen molar-refractivity contribution in [3.05, 3.63) is 0 Å². The summed E-state index contributed by atoms with van der Waals surface area (Å²) in [5.74, 6) is 0. The van der Waals surface area contributed by atoms with Gasteiger partial charge in [-0.05, 0) is 19.8 Å². The quantitative estimate of drug-likeness (QED) is 0.0958. The molecule has 0 amide bonds. The van der Waals surface area contributed by atoms with Gasteiger partial charge in [0.05, 0.1) is 0 Å². The van der Waals surface area contributed by atoms with Crippen LogP contribution in [0.5, 0.6) is 0 Å². The maximum Gasteiger partial charge on any atom is 1.00 e. The Morgan fingerprint density at radius 2 is 0.966 bits per heavy atom. The van der Waals surface area contributed by atoms with Gasteiger partial charge in [0.15, 0.2) is 6.29 Å². The summed E-state index contributed by atoms with van der Waals surface area (Å²) in [6.07, 6.45) is 21.0. The van der Waals surface area contributed by atoms with Crippen molar-refractivity contribution in [3.63, 3.8) is 0 Å². The zero-order valence-corrected chi connectivity index (χ0v) is 24.3. The largest absolute Gasteiger partial charge is 1.00 e. The summed E-state index contributed by atoms with van der Waals surface area (Å²) in [7, 11) is -5.17. The molecule has 0 radical (unpaired) electrons. The minimum atomic E-state index is -5.17. The number of aliphatic hydroxyl groups excluding tert-OH is 1. The van der Waals surface area contributed by atoms with Gasteiger partial charge in [0.2, 0.25) is 0 Å². The molecule has 0 aliphatic heterocycles. The molecule has 166 valence electrons. The Bertz CT molecular complexity index is 375. The van der Waals surface area contributed by atoms with Crippen LogP contribution in [0, 0.1) is 0 Å². The first-order valence-electron chi connectivity index (χ1n) is 10.8. The summed E-state index contributed by atoms with van der Waals surface area (Å²) in [5.41, 5.74) is 0. The van der Waals surface area contributed by atoms with E-state index in [0.717, 1.165) is 12.8 Å². The fourth-order valence-electron chi connectivity index (χ4n) is 2.97. The molecule has 0 saturated carbocycles. The molecule has 0 heterocycles. The van der Waals surface area contributed by atoms with E-state index in [0.29, 0.717) is 6.61 Å². The van der Waals surface area contributed by atoms with E-state index in [1.54, 1.807) is 0 Å². The Balaban J connectivity index is -0.000000396. The normalized spacial score (nSPS) is 11.6. The number of rotatable bonds is 18. The van der Waals surface area contributed by atoms with E-state index in [9.17, 15) is 5.11 Å². The molecule has 9 heteroatoms. The fourth-order valence-corrected chi connectivity index (χ4v) is 2.97. The van der Waals surface area contributed by atoms with Crippen LogP contribution < -0.4 is 59.1 Å². The molecule has 1 N–H and O–H groups in total. The van der Waals surface area contributed by atoms with Crippen LogP contribution in [0.25, 0.3) is 0 Å². The molecule has 0 saturated heterocycles. The van der Waals surface area contributed by atoms with Crippen molar-refractivity contribution >= 4 is 10.4 Å². The van der Waals surface area contributed by atoms with Crippen LogP contribution in [0.4, 0.5) is 0 Å². The summed E-state index contributed by atoms with van der Waals surface area (Å²) >= 11 is 0. The molecule has 1 atom stereocenters. The molecule has 0 aromatic heterocycles. The van der Waals surface area contributed by atoms with Crippen LogP contribution in [0.1, 0.15) is 117 Å². The molecule has 0 aromatic carbocycles. The smallest absolute Gasteiger partial charge is 0.759 e. The topological polar surface area (TPSA) is 110 Å². The second-order valence-corrected chi connectivity index (χ2v) is 7.87. The van der Waals surface area contributed by atoms with Crippen LogP contribution >= 0.6 is 0 Å². The maximum atomic E-state index is 9.43. The van der Waals surface area contributed by atoms with E-state index in [1.165, 1.54) is 89.9 Å². The van der Waals surface area contributed by atoms with Gasteiger partial charge in [-0.2, -0.15) is 0 Å². The molecule has 0 aliphatic rings. The average Bonchev–Trinajstić information content (AvgIpc) is 2.57. The predicted molar refractivity (Wildman–Crippen MR) is 108 cm³/mol. The summed E-state index contributed by atoms with van der Waals surface area (Å²) in [6, 6.07) is 0. The third-order valence-electron chi connectivity index (χ3n) is 4.41. The van der Waals surface area contributed by atoms with E-state index in [2.05, 4.69) is 6.92 Å². The van der Waals surface area contributed by atoms with Crippen molar-refractivity contribution in [1.82, 2.24) is 0 Å². The minimum Gasteiger partial charge on any atom is -0.759 e. The molecule has 0 rings (SSSR count). The number of hydrogen-bond donors (Lipinski definition) is 1. The van der Waals surface area contributed by atoms with Crippen molar-refractivity contribution in [2.24, 2.45) is 0 Å². The fraction of sp³-hybridized carbons (Fsp3) is 1.00. The van der Waals surface area contributed by atoms with Gasteiger partial charge < -0.3 is 18.9 Å². The van der Waals surface area contributed by atoms with Crippen LogP contribution in [0.2, 0.25) is 0 Å². The Kier molecular flexibility index (Phi) is 39.1. The summed E-state index contributed by atoms with van der Waals surface area (Å²) in [4.78, 5) is 0. The third-order valence-corrected chi connectivity index (χ3v) is 4.41. The summed E-state index contributed by atoms with van der Waals surface area (Å²) < 4.78 is 39.2. The van der Waals surface area contributed by atoms with E-state index in [4.69, 9.17) is 22.3 Å². The van der Waals surface area contributed by atoms with Gasteiger partial charge >= 0.3 is 59.1 Å². The Hall–Kier alpha value is 1.79. The molecule has 0 spiro atoms. The van der Waals surface area contributed by atoms with Gasteiger partial charge in [0.1, 0.15) is 0 Å². The molecule has 0 fully saturated rings. The average molecular weight is 457 g/mol. The van der Waals surface area contributed by atoms with Crippen molar-refractivity contribution in [2.75, 3.05) is 6.61 Å². The summed E-state index contributed by atoms with van der Waals surface area (Å²) in [6.45, 7) is 4.82. The van der Waals surface area contributed by atoms with Crippen molar-refractivity contribution in [3.8, 4) is 0 Å². The molecule has 1 unspecified atom stereocenters. The minimum absolute atomic E-state index is 0. The first-order valence-corrected chi connectivity index (χ1v) is 12.1. The third kappa shape index (κ3) is 48.5. The first kappa shape index (κ1) is 38.1. The number of unbranched alkanes of at least 4 members (excludes halogenated alkanes) is 14. The second kappa shape index (κ2) is 29.8. The van der Waals surface area contributed by atoms with Crippen LogP contribution in [-0.4, -0.2) is 35.5 Å². The predicted octanol–water partition coefficient (Wildman–Crippen LogP) is -0.727. The van der Waals surface area contributed by atoms with Gasteiger partial charge in [0, 0.05) is 17.0 Å². The molecular weight excluding hydrogens is 414 g/mol. The monoisotopic (exact) mass is 456 g/mol. The van der Waals surface area contributed by atoms with Crippen LogP contribution in [0.15, 0.2) is 0 Å². The molecule has 29 heavy (non-hydrogen) atoms. The number of ether oxygens (including phenoxy) is 1. The Labute approximate surface area is 224 Å². The van der Waals surface area contributed by atoms with Gasteiger partial charge in [-0.25, -0.2) is 0 Å². The van der Waals surface area contributed by atoms with Crippen molar-refractivity contribution < 1.29 is 86.5 Å². The van der Waals surface area contributed by atoms with Crippen LogP contribution in [0.3, 0.4) is 0 Å². The molecule has 0 aromatic rings. The van der Waals surface area contributed by atoms with E-state index in [1.807, 2.05) is 6.92 Å². The van der Waals surface area contributed by atoms with Crippen molar-refractivity contribution in [1.29, 1.82) is 0 Å². The molecule has 0 aliphatic carbocycles. The number of hydrogen-bond acceptors (Lipinski definition) is 6. The van der Waals surface area contributed by atoms with E-state index in [-0.39, 0.29) is 59.1 Å². The molecule has 0 bridgehead atoms. The van der Waals surface area contributed by atoms with Gasteiger partial charge in [-0.15, -0.1) is 0 Å². The Morgan fingerprint density at radius 1 is 0.690 bits per heavy atom. The zero-order chi connectivity index (χ0) is 20.8. The summed E-state index contributed by atoms with van der Waals surface area (Å²) in [5, 5.41) is 9.43. The standard InChI is InChI=1S/C20H42O2.2Na.H2O4S/c1-3-5-6-7-8-9-10-11-12-13-14-15-16-17-18-19-20(21)22-4-2;;;1-5(2,3)4/h20-21H,3-19H2,1-2H3;;;(H2,1,2,3,4)/q;2*+1;/p-2. The maximum absolute atomic E-state index is 9.43.